The summed E-state index contributed by atoms with van der Waals surface area (Å²) in [5, 5.41) is 6.62. The average Bonchev–Trinajstić information content (AvgIpc) is 3.36. The van der Waals surface area contributed by atoms with Gasteiger partial charge in [0.1, 0.15) is 5.75 Å². The molecule has 3 heterocycles. The van der Waals surface area contributed by atoms with Gasteiger partial charge in [0.2, 0.25) is 0 Å². The van der Waals surface area contributed by atoms with Crippen LogP contribution in [0.1, 0.15) is 5.56 Å². The maximum atomic E-state index is 5.52. The summed E-state index contributed by atoms with van der Waals surface area (Å²) < 4.78 is 7.52. The summed E-state index contributed by atoms with van der Waals surface area (Å²) in [6, 6.07) is 12.6. The molecule has 0 N–H and O–H groups in total. The van der Waals surface area contributed by atoms with Crippen LogP contribution >= 0.6 is 11.3 Å². The first-order valence-corrected chi connectivity index (χ1v) is 10.3. The first-order chi connectivity index (χ1) is 13.3. The maximum Gasteiger partial charge on any atom is 0.142 e. The number of ether oxygens (including phenoxy) is 1. The van der Waals surface area contributed by atoms with Gasteiger partial charge in [0.25, 0.3) is 0 Å². The second-order valence-electron chi connectivity index (χ2n) is 6.87. The first kappa shape index (κ1) is 18.1. The molecule has 0 radical (unpaired) electrons. The minimum absolute atomic E-state index is 0.960. The molecule has 1 aliphatic rings. The van der Waals surface area contributed by atoms with Crippen LogP contribution in [0.3, 0.4) is 0 Å². The number of anilines is 1. The van der Waals surface area contributed by atoms with Gasteiger partial charge in [0.05, 0.1) is 29.6 Å². The fraction of sp³-hybridized carbons (Fsp3) is 0.381. The maximum absolute atomic E-state index is 5.52. The van der Waals surface area contributed by atoms with E-state index in [1.54, 1.807) is 18.4 Å². The molecule has 142 valence electrons. The van der Waals surface area contributed by atoms with Gasteiger partial charge in [-0.05, 0) is 30.0 Å². The van der Waals surface area contributed by atoms with E-state index in [0.29, 0.717) is 0 Å². The monoisotopic (exact) mass is 382 g/mol. The van der Waals surface area contributed by atoms with Crippen molar-refractivity contribution in [3.63, 3.8) is 0 Å². The number of benzene rings is 1. The third-order valence-corrected chi connectivity index (χ3v) is 6.14. The van der Waals surface area contributed by atoms with E-state index in [0.717, 1.165) is 44.9 Å². The van der Waals surface area contributed by atoms with Gasteiger partial charge >= 0.3 is 0 Å². The van der Waals surface area contributed by atoms with Crippen LogP contribution < -0.4 is 9.64 Å². The van der Waals surface area contributed by atoms with E-state index in [1.165, 1.54) is 21.8 Å². The van der Waals surface area contributed by atoms with E-state index in [9.17, 15) is 0 Å². The third-order valence-electron chi connectivity index (χ3n) is 5.26. The van der Waals surface area contributed by atoms with Crippen LogP contribution in [0.4, 0.5) is 5.69 Å². The van der Waals surface area contributed by atoms with Crippen LogP contribution in [-0.2, 0) is 13.5 Å². The number of aryl methyl sites for hydroxylation is 1. The van der Waals surface area contributed by atoms with E-state index < -0.39 is 0 Å². The Morgan fingerprint density at radius 2 is 1.89 bits per heavy atom. The molecule has 6 heteroatoms. The van der Waals surface area contributed by atoms with Gasteiger partial charge in [-0.1, -0.05) is 18.2 Å². The topological polar surface area (TPSA) is 33.5 Å². The highest BCUT2D eigenvalue weighted by atomic mass is 32.1. The number of para-hydroxylation sites is 2. The third kappa shape index (κ3) is 3.87. The Bertz CT molecular complexity index is 866. The summed E-state index contributed by atoms with van der Waals surface area (Å²) in [4.78, 5) is 6.28. The fourth-order valence-corrected chi connectivity index (χ4v) is 4.61. The summed E-state index contributed by atoms with van der Waals surface area (Å²) in [7, 11) is 3.78. The van der Waals surface area contributed by atoms with Gasteiger partial charge in [-0.15, -0.1) is 11.3 Å². The minimum Gasteiger partial charge on any atom is -0.495 e. The quantitative estimate of drug-likeness (QED) is 0.653. The van der Waals surface area contributed by atoms with Crippen LogP contribution in [0.15, 0.2) is 48.0 Å². The number of nitrogens with zero attached hydrogens (tertiary/aromatic N) is 4. The highest BCUT2D eigenvalue weighted by molar-refractivity contribution is 7.13. The summed E-state index contributed by atoms with van der Waals surface area (Å²) in [5.74, 6) is 0.960. The molecular formula is C21H26N4OS. The van der Waals surface area contributed by atoms with Crippen LogP contribution in [0.25, 0.3) is 10.6 Å². The fourth-order valence-electron chi connectivity index (χ4n) is 3.78. The molecule has 0 spiro atoms. The van der Waals surface area contributed by atoms with Gasteiger partial charge in [-0.3, -0.25) is 9.58 Å². The smallest absolute Gasteiger partial charge is 0.142 e. The predicted molar refractivity (Wildman–Crippen MR) is 112 cm³/mol. The zero-order valence-corrected chi connectivity index (χ0v) is 16.8. The molecule has 1 aromatic carbocycles. The number of methoxy groups -OCH3 is 1. The molecule has 4 rings (SSSR count). The lowest BCUT2D eigenvalue weighted by molar-refractivity contribution is 0.260. The molecule has 3 aromatic rings. The molecule has 0 amide bonds. The molecule has 1 aliphatic heterocycles. The Morgan fingerprint density at radius 3 is 2.63 bits per heavy atom. The Balaban J connectivity index is 1.36. The molecule has 0 bridgehead atoms. The van der Waals surface area contributed by atoms with Crippen molar-refractivity contribution in [2.45, 2.75) is 6.42 Å². The van der Waals surface area contributed by atoms with E-state index in [-0.39, 0.29) is 0 Å². The molecule has 27 heavy (non-hydrogen) atoms. The second kappa shape index (κ2) is 8.15. The molecule has 1 saturated heterocycles. The Labute approximate surface area is 164 Å². The van der Waals surface area contributed by atoms with Gasteiger partial charge in [-0.2, -0.15) is 5.10 Å². The number of hydrogen-bond donors (Lipinski definition) is 0. The van der Waals surface area contributed by atoms with Crippen LogP contribution in [0.5, 0.6) is 5.75 Å². The lowest BCUT2D eigenvalue weighted by Crippen LogP contribution is -2.47. The molecule has 5 nitrogen and oxygen atoms in total. The number of hydrogen-bond acceptors (Lipinski definition) is 5. The standard InChI is InChI=1S/C21H26N4OS/c1-23-21(20-8-5-15-27-20)17(16-22-23)9-10-24-11-13-25(14-12-24)18-6-3-4-7-19(18)26-2/h3-8,15-16H,9-14H2,1-2H3. The molecule has 0 aliphatic carbocycles. The van der Waals surface area contributed by atoms with Crippen molar-refractivity contribution in [1.82, 2.24) is 14.7 Å². The van der Waals surface area contributed by atoms with Crippen molar-refractivity contribution in [2.75, 3.05) is 44.7 Å². The van der Waals surface area contributed by atoms with Gasteiger partial charge in [0.15, 0.2) is 0 Å². The summed E-state index contributed by atoms with van der Waals surface area (Å²) >= 11 is 1.78. The number of rotatable bonds is 6. The second-order valence-corrected chi connectivity index (χ2v) is 7.82. The number of aromatic nitrogens is 2. The zero-order chi connectivity index (χ0) is 18.6. The molecule has 0 atom stereocenters. The Morgan fingerprint density at radius 1 is 1.07 bits per heavy atom. The molecule has 0 unspecified atom stereocenters. The van der Waals surface area contributed by atoms with Crippen molar-refractivity contribution in [3.8, 4) is 16.3 Å². The SMILES string of the molecule is COc1ccccc1N1CCN(CCc2cnn(C)c2-c2cccs2)CC1. The first-order valence-electron chi connectivity index (χ1n) is 9.41. The molecule has 2 aromatic heterocycles. The van der Waals surface area contributed by atoms with Crippen LogP contribution in [-0.4, -0.2) is 54.5 Å². The van der Waals surface area contributed by atoms with Crippen molar-refractivity contribution in [2.24, 2.45) is 7.05 Å². The van der Waals surface area contributed by atoms with E-state index in [1.807, 2.05) is 30.1 Å². The minimum atomic E-state index is 0.960. The van der Waals surface area contributed by atoms with Gasteiger partial charge < -0.3 is 9.64 Å². The Kier molecular flexibility index (Phi) is 5.45. The zero-order valence-electron chi connectivity index (χ0n) is 16.0. The highest BCUT2D eigenvalue weighted by Gasteiger charge is 2.20. The lowest BCUT2D eigenvalue weighted by atomic mass is 10.1. The Hall–Kier alpha value is -2.31. The molecule has 1 fully saturated rings. The molecule has 0 saturated carbocycles. The largest absolute Gasteiger partial charge is 0.495 e. The van der Waals surface area contributed by atoms with Crippen LogP contribution in [0, 0.1) is 0 Å². The van der Waals surface area contributed by atoms with Gasteiger partial charge in [0, 0.05) is 45.3 Å². The van der Waals surface area contributed by atoms with Crippen molar-refractivity contribution < 1.29 is 4.74 Å². The highest BCUT2D eigenvalue weighted by Crippen LogP contribution is 2.29. The summed E-state index contributed by atoms with van der Waals surface area (Å²) in [5.41, 5.74) is 3.80. The van der Waals surface area contributed by atoms with E-state index in [2.05, 4.69) is 44.5 Å². The van der Waals surface area contributed by atoms with E-state index in [4.69, 9.17) is 4.74 Å². The summed E-state index contributed by atoms with van der Waals surface area (Å²) in [6.07, 6.45) is 3.07. The van der Waals surface area contributed by atoms with Crippen LogP contribution in [0.2, 0.25) is 0 Å². The number of piperazine rings is 1. The van der Waals surface area contributed by atoms with Gasteiger partial charge in [-0.25, -0.2) is 0 Å². The van der Waals surface area contributed by atoms with Crippen molar-refractivity contribution in [1.29, 1.82) is 0 Å². The lowest BCUT2D eigenvalue weighted by Gasteiger charge is -2.36. The molecular weight excluding hydrogens is 356 g/mol. The predicted octanol–water partition coefficient (Wildman–Crippen LogP) is 3.52. The summed E-state index contributed by atoms with van der Waals surface area (Å²) in [6.45, 7) is 5.29. The van der Waals surface area contributed by atoms with E-state index >= 15 is 0 Å². The number of thiophene rings is 1. The normalized spacial score (nSPS) is 15.3. The van der Waals surface area contributed by atoms with Crippen molar-refractivity contribution in [3.05, 3.63) is 53.5 Å². The van der Waals surface area contributed by atoms with Crippen molar-refractivity contribution >= 4 is 17.0 Å². The average molecular weight is 383 g/mol.